The monoisotopic (exact) mass is 364 g/mol. The number of benzene rings is 1. The highest BCUT2D eigenvalue weighted by Gasteiger charge is 2.56. The van der Waals surface area contributed by atoms with E-state index >= 15 is 0 Å². The van der Waals surface area contributed by atoms with Gasteiger partial charge >= 0.3 is 0 Å². The molecule has 1 aliphatic carbocycles. The van der Waals surface area contributed by atoms with Gasteiger partial charge in [0.1, 0.15) is 32.9 Å². The molecule has 3 aromatic rings. The van der Waals surface area contributed by atoms with E-state index in [0.717, 1.165) is 10.8 Å². The average molecular weight is 364 g/mol. The number of alkyl halides is 1. The van der Waals surface area contributed by atoms with Crippen LogP contribution in [0.15, 0.2) is 42.9 Å². The van der Waals surface area contributed by atoms with Crippen molar-refractivity contribution < 1.29 is 9.13 Å². The van der Waals surface area contributed by atoms with Crippen LogP contribution in [0.5, 0.6) is 5.75 Å². The Morgan fingerprint density at radius 2 is 1.88 bits per heavy atom. The number of nitrogens with one attached hydrogen (secondary N) is 1. The fourth-order valence-electron chi connectivity index (χ4n) is 2.62. The van der Waals surface area contributed by atoms with Crippen LogP contribution >= 0.6 is 11.6 Å². The molecule has 26 heavy (non-hydrogen) atoms. The zero-order chi connectivity index (χ0) is 18.4. The van der Waals surface area contributed by atoms with Gasteiger partial charge < -0.3 is 10.1 Å². The lowest BCUT2D eigenvalue weighted by atomic mass is 9.60. The number of halogens is 2. The van der Waals surface area contributed by atoms with Crippen molar-refractivity contribution in [3.8, 4) is 5.75 Å². The van der Waals surface area contributed by atoms with E-state index in [1.165, 1.54) is 0 Å². The van der Waals surface area contributed by atoms with E-state index in [-0.39, 0.29) is 5.28 Å². The number of hydrogen-bond donors (Lipinski definition) is 1. The summed E-state index contributed by atoms with van der Waals surface area (Å²) < 4.78 is 19.7. The predicted octanol–water partition coefficient (Wildman–Crippen LogP) is 3.29. The highest BCUT2D eigenvalue weighted by atomic mass is 35.5. The predicted molar refractivity (Wildman–Crippen MR) is 100 cm³/mol. The number of nitrogens with zero attached hydrogens (tertiary/aromatic N) is 3. The highest BCUT2D eigenvalue weighted by molar-refractivity contribution is 6.40. The Bertz CT molecular complexity index is 967. The summed E-state index contributed by atoms with van der Waals surface area (Å²) in [6, 6.07) is 7.02. The molecule has 1 N–H and O–H groups in total. The second kappa shape index (κ2) is 6.13. The van der Waals surface area contributed by atoms with E-state index in [9.17, 15) is 4.39 Å². The van der Waals surface area contributed by atoms with E-state index in [1.807, 2.05) is 6.07 Å². The molecule has 0 unspecified atom stereocenters. The van der Waals surface area contributed by atoms with Crippen molar-refractivity contribution in [1.82, 2.24) is 15.0 Å². The van der Waals surface area contributed by atoms with Crippen molar-refractivity contribution in [2.45, 2.75) is 23.9 Å². The van der Waals surface area contributed by atoms with Gasteiger partial charge in [0.05, 0.1) is 23.5 Å². The van der Waals surface area contributed by atoms with Crippen LogP contribution in [0.2, 0.25) is 5.28 Å². The molecule has 1 aliphatic rings. The van der Waals surface area contributed by atoms with Crippen LogP contribution in [0.1, 0.15) is 12.8 Å². The number of anilines is 2. The zero-order valence-electron chi connectivity index (χ0n) is 13.6. The summed E-state index contributed by atoms with van der Waals surface area (Å²) in [5.41, 5.74) is -1.03. The van der Waals surface area contributed by atoms with Gasteiger partial charge in [-0.05, 0) is 54.1 Å². The molecule has 0 amide bonds. The van der Waals surface area contributed by atoms with Crippen molar-refractivity contribution in [3.63, 3.8) is 0 Å². The van der Waals surface area contributed by atoms with Gasteiger partial charge in [0.25, 0.3) is 0 Å². The van der Waals surface area contributed by atoms with E-state index in [2.05, 4.69) is 20.3 Å². The molecule has 0 aliphatic heterocycles. The molecule has 1 aromatic carbocycles. The smallest absolute Gasteiger partial charge is 0.222 e. The summed E-state index contributed by atoms with van der Waals surface area (Å²) in [6.45, 7) is 0. The largest absolute Gasteiger partial charge is 0.504 e. The third kappa shape index (κ3) is 3.21. The van der Waals surface area contributed by atoms with Gasteiger partial charge in [-0.25, -0.2) is 19.3 Å². The minimum Gasteiger partial charge on any atom is -0.504 e. The zero-order valence-corrected chi connectivity index (χ0v) is 14.4. The summed E-state index contributed by atoms with van der Waals surface area (Å²) in [5.74, 6) is 0.995. The standard InChI is InChI=1S/C17H12B2ClFN4O/c18-17(19,16(21)4-5-16)26-12-1-2-13-10(7-12)3-6-22-14(13)25-11-8-23-15(20)24-9-11/h1-3,6-9H,4-5H2,(H,22,25). The number of fused-ring (bicyclic) bond motifs is 1. The van der Waals surface area contributed by atoms with Gasteiger partial charge in [0.2, 0.25) is 5.28 Å². The van der Waals surface area contributed by atoms with Gasteiger partial charge in [-0.1, -0.05) is 0 Å². The fraction of sp³-hybridized carbons (Fsp3) is 0.235. The summed E-state index contributed by atoms with van der Waals surface area (Å²) in [7, 11) is 11.6. The Morgan fingerprint density at radius 1 is 1.15 bits per heavy atom. The molecule has 0 spiro atoms. The number of aromatic nitrogens is 3. The van der Waals surface area contributed by atoms with Crippen LogP contribution in [0.4, 0.5) is 15.9 Å². The fourth-order valence-corrected chi connectivity index (χ4v) is 2.72. The number of ether oxygens (including phenoxy) is 1. The number of rotatable bonds is 5. The van der Waals surface area contributed by atoms with Gasteiger partial charge in [-0.15, -0.1) is 0 Å². The number of pyridine rings is 1. The maximum Gasteiger partial charge on any atom is 0.222 e. The first-order valence-corrected chi connectivity index (χ1v) is 8.33. The van der Waals surface area contributed by atoms with Gasteiger partial charge in [-0.2, -0.15) is 0 Å². The van der Waals surface area contributed by atoms with Crippen LogP contribution in [0, 0.1) is 0 Å². The Balaban J connectivity index is 1.62. The van der Waals surface area contributed by atoms with Crippen molar-refractivity contribution in [3.05, 3.63) is 48.1 Å². The molecule has 4 radical (unpaired) electrons. The minimum atomic E-state index is -1.85. The molecule has 9 heteroatoms. The molecule has 0 saturated heterocycles. The lowest BCUT2D eigenvalue weighted by Gasteiger charge is -2.31. The third-order valence-corrected chi connectivity index (χ3v) is 4.49. The minimum absolute atomic E-state index is 0.163. The topological polar surface area (TPSA) is 59.9 Å². The molecule has 1 fully saturated rings. The van der Waals surface area contributed by atoms with Crippen molar-refractivity contribution >= 4 is 49.6 Å². The van der Waals surface area contributed by atoms with E-state index in [1.54, 1.807) is 36.8 Å². The van der Waals surface area contributed by atoms with Gasteiger partial charge in [0.15, 0.2) is 0 Å². The Kier molecular flexibility index (Phi) is 4.03. The second-order valence-electron chi connectivity index (χ2n) is 6.27. The summed E-state index contributed by atoms with van der Waals surface area (Å²) in [6.07, 6.45) is 5.35. The summed E-state index contributed by atoms with van der Waals surface area (Å²) in [5, 5.41) is 3.10. The molecular weight excluding hydrogens is 352 g/mol. The second-order valence-corrected chi connectivity index (χ2v) is 6.61. The molecule has 126 valence electrons. The molecule has 4 rings (SSSR count). The summed E-state index contributed by atoms with van der Waals surface area (Å²) >= 11 is 5.69. The maximum atomic E-state index is 14.2. The Morgan fingerprint density at radius 3 is 2.58 bits per heavy atom. The van der Waals surface area contributed by atoms with Crippen molar-refractivity contribution in [2.24, 2.45) is 0 Å². The molecular formula is C17H12B2ClFN4O. The molecule has 0 atom stereocenters. The SMILES string of the molecule is [B]C([B])(Oc1ccc2c(Nc3cnc(Cl)nc3)nccc2c1)C1(F)CC1. The van der Waals surface area contributed by atoms with Crippen LogP contribution in [0.25, 0.3) is 10.8 Å². The quantitative estimate of drug-likeness (QED) is 0.556. The van der Waals surface area contributed by atoms with Crippen molar-refractivity contribution in [2.75, 3.05) is 5.32 Å². The van der Waals surface area contributed by atoms with E-state index in [4.69, 9.17) is 32.0 Å². The first kappa shape index (κ1) is 17.1. The Labute approximate surface area is 157 Å². The van der Waals surface area contributed by atoms with Gasteiger partial charge in [0, 0.05) is 11.6 Å². The molecule has 1 saturated carbocycles. The Hall–Kier alpha value is -2.34. The van der Waals surface area contributed by atoms with Gasteiger partial charge in [-0.3, -0.25) is 0 Å². The lowest BCUT2D eigenvalue weighted by molar-refractivity contribution is 0.110. The van der Waals surface area contributed by atoms with E-state index in [0.29, 0.717) is 30.1 Å². The van der Waals surface area contributed by atoms with Crippen molar-refractivity contribution in [1.29, 1.82) is 0 Å². The number of hydrogen-bond acceptors (Lipinski definition) is 5. The van der Waals surface area contributed by atoms with Crippen LogP contribution in [-0.2, 0) is 0 Å². The van der Waals surface area contributed by atoms with E-state index < -0.39 is 11.1 Å². The van der Waals surface area contributed by atoms with Crippen LogP contribution in [0.3, 0.4) is 0 Å². The third-order valence-electron chi connectivity index (χ3n) is 4.29. The highest BCUT2D eigenvalue weighted by Crippen LogP contribution is 2.48. The maximum absolute atomic E-state index is 14.2. The van der Waals surface area contributed by atoms with Crippen LogP contribution < -0.4 is 10.1 Å². The normalized spacial score (nSPS) is 15.6. The first-order valence-electron chi connectivity index (χ1n) is 7.95. The first-order chi connectivity index (χ1) is 12.4. The van der Waals surface area contributed by atoms with Crippen LogP contribution in [-0.4, -0.2) is 41.7 Å². The lowest BCUT2D eigenvalue weighted by Crippen LogP contribution is -2.48. The molecule has 0 bridgehead atoms. The molecule has 5 nitrogen and oxygen atoms in total. The summed E-state index contributed by atoms with van der Waals surface area (Å²) in [4.78, 5) is 12.2. The average Bonchev–Trinajstić information content (AvgIpc) is 3.36. The molecule has 2 aromatic heterocycles. The molecule has 2 heterocycles.